The van der Waals surface area contributed by atoms with Crippen LogP contribution in [0, 0.1) is 12.3 Å². The standard InChI is InChI=1S/C20H17N3O3/c1-3-12-23-20(25)15-9-5-4-8-14(15)17(22-23)13-21-19(24)16-10-6-7-11-18(16)26-2/h1,4-11H,12-13H2,2H3,(H,21,24). The second-order valence-electron chi connectivity index (χ2n) is 5.54. The molecule has 1 aromatic heterocycles. The number of hydrogen-bond acceptors (Lipinski definition) is 4. The molecule has 0 saturated heterocycles. The number of fused-ring (bicyclic) bond motifs is 1. The Hall–Kier alpha value is -3.59. The number of carbonyl (C=O) groups excluding carboxylic acids is 1. The maximum atomic E-state index is 12.5. The van der Waals surface area contributed by atoms with Crippen LogP contribution >= 0.6 is 0 Å². The number of ether oxygens (including phenoxy) is 1. The van der Waals surface area contributed by atoms with Crippen molar-refractivity contribution in [3.8, 4) is 18.1 Å². The zero-order valence-electron chi connectivity index (χ0n) is 14.2. The number of benzene rings is 2. The lowest BCUT2D eigenvalue weighted by Gasteiger charge is -2.11. The Balaban J connectivity index is 1.94. The van der Waals surface area contributed by atoms with E-state index in [1.807, 2.05) is 6.07 Å². The lowest BCUT2D eigenvalue weighted by Crippen LogP contribution is -2.28. The predicted molar refractivity (Wildman–Crippen MR) is 99.0 cm³/mol. The van der Waals surface area contributed by atoms with Gasteiger partial charge < -0.3 is 10.1 Å². The molecule has 1 amide bonds. The summed E-state index contributed by atoms with van der Waals surface area (Å²) in [5.41, 5.74) is 0.744. The summed E-state index contributed by atoms with van der Waals surface area (Å²) >= 11 is 0. The van der Waals surface area contributed by atoms with E-state index in [9.17, 15) is 9.59 Å². The van der Waals surface area contributed by atoms with Crippen molar-refractivity contribution in [2.45, 2.75) is 13.1 Å². The molecule has 3 rings (SSSR count). The van der Waals surface area contributed by atoms with Gasteiger partial charge in [-0.05, 0) is 18.2 Å². The van der Waals surface area contributed by atoms with E-state index in [0.717, 1.165) is 0 Å². The normalized spacial score (nSPS) is 10.3. The zero-order chi connectivity index (χ0) is 18.5. The summed E-state index contributed by atoms with van der Waals surface area (Å²) in [5.74, 6) is 2.62. The van der Waals surface area contributed by atoms with E-state index in [0.29, 0.717) is 27.8 Å². The third-order valence-electron chi connectivity index (χ3n) is 3.95. The van der Waals surface area contributed by atoms with Crippen molar-refractivity contribution < 1.29 is 9.53 Å². The molecule has 0 saturated carbocycles. The molecule has 6 nitrogen and oxygen atoms in total. The van der Waals surface area contributed by atoms with Crippen molar-refractivity contribution in [1.82, 2.24) is 15.1 Å². The molecule has 0 atom stereocenters. The van der Waals surface area contributed by atoms with Crippen molar-refractivity contribution in [2.24, 2.45) is 0 Å². The molecule has 0 bridgehead atoms. The number of para-hydroxylation sites is 1. The number of nitrogens with one attached hydrogen (secondary N) is 1. The monoisotopic (exact) mass is 347 g/mol. The van der Waals surface area contributed by atoms with Crippen LogP contribution in [0.4, 0.5) is 0 Å². The van der Waals surface area contributed by atoms with Crippen LogP contribution in [-0.2, 0) is 13.1 Å². The van der Waals surface area contributed by atoms with E-state index in [4.69, 9.17) is 11.2 Å². The first-order chi connectivity index (χ1) is 12.7. The fourth-order valence-electron chi connectivity index (χ4n) is 2.72. The summed E-state index contributed by atoms with van der Waals surface area (Å²) in [6, 6.07) is 14.1. The van der Waals surface area contributed by atoms with Gasteiger partial charge in [-0.2, -0.15) is 5.10 Å². The largest absolute Gasteiger partial charge is 0.496 e. The molecule has 26 heavy (non-hydrogen) atoms. The lowest BCUT2D eigenvalue weighted by molar-refractivity contribution is 0.0947. The highest BCUT2D eigenvalue weighted by Gasteiger charge is 2.14. The quantitative estimate of drug-likeness (QED) is 0.716. The zero-order valence-corrected chi connectivity index (χ0v) is 14.2. The summed E-state index contributed by atoms with van der Waals surface area (Å²) in [6.07, 6.45) is 5.32. The van der Waals surface area contributed by atoms with Gasteiger partial charge in [0.15, 0.2) is 0 Å². The number of hydrogen-bond donors (Lipinski definition) is 1. The molecule has 1 N–H and O–H groups in total. The first-order valence-corrected chi connectivity index (χ1v) is 7.99. The average molecular weight is 347 g/mol. The Bertz CT molecular complexity index is 1060. The number of aromatic nitrogens is 2. The Morgan fingerprint density at radius 2 is 1.88 bits per heavy atom. The minimum absolute atomic E-state index is 0.0666. The smallest absolute Gasteiger partial charge is 0.275 e. The molecule has 0 unspecified atom stereocenters. The van der Waals surface area contributed by atoms with Crippen molar-refractivity contribution in [2.75, 3.05) is 7.11 Å². The maximum absolute atomic E-state index is 12.5. The minimum atomic E-state index is -0.289. The minimum Gasteiger partial charge on any atom is -0.496 e. The highest BCUT2D eigenvalue weighted by atomic mass is 16.5. The molecule has 0 aliphatic carbocycles. The molecule has 0 fully saturated rings. The topological polar surface area (TPSA) is 73.2 Å². The Morgan fingerprint density at radius 3 is 2.62 bits per heavy atom. The van der Waals surface area contributed by atoms with Gasteiger partial charge in [-0.1, -0.05) is 36.3 Å². The maximum Gasteiger partial charge on any atom is 0.275 e. The summed E-state index contributed by atoms with van der Waals surface area (Å²) in [6.45, 7) is 0.222. The van der Waals surface area contributed by atoms with Crippen LogP contribution in [0.15, 0.2) is 53.3 Å². The fraction of sp³-hybridized carbons (Fsp3) is 0.150. The van der Waals surface area contributed by atoms with Crippen LogP contribution < -0.4 is 15.6 Å². The fourth-order valence-corrected chi connectivity index (χ4v) is 2.72. The summed E-state index contributed by atoms with van der Waals surface area (Å²) in [7, 11) is 1.51. The highest BCUT2D eigenvalue weighted by Crippen LogP contribution is 2.18. The molecule has 1 heterocycles. The Labute approximate surface area is 150 Å². The van der Waals surface area contributed by atoms with E-state index in [2.05, 4.69) is 16.3 Å². The first-order valence-electron chi connectivity index (χ1n) is 7.99. The number of carbonyl (C=O) groups is 1. The Morgan fingerprint density at radius 1 is 1.19 bits per heavy atom. The third kappa shape index (κ3) is 3.28. The van der Waals surface area contributed by atoms with Gasteiger partial charge >= 0.3 is 0 Å². The van der Waals surface area contributed by atoms with Gasteiger partial charge in [0.1, 0.15) is 12.3 Å². The number of rotatable bonds is 5. The van der Waals surface area contributed by atoms with Crippen LogP contribution in [-0.4, -0.2) is 22.8 Å². The van der Waals surface area contributed by atoms with Crippen molar-refractivity contribution >= 4 is 16.7 Å². The SMILES string of the molecule is C#CCn1nc(CNC(=O)c2ccccc2OC)c2ccccc2c1=O. The molecule has 130 valence electrons. The van der Waals surface area contributed by atoms with Crippen molar-refractivity contribution in [3.63, 3.8) is 0 Å². The molecular weight excluding hydrogens is 330 g/mol. The predicted octanol–water partition coefficient (Wildman–Crippen LogP) is 1.97. The van der Waals surface area contributed by atoms with Gasteiger partial charge in [0.05, 0.1) is 30.3 Å². The number of terminal acetylenes is 1. The van der Waals surface area contributed by atoms with Gasteiger partial charge in [0, 0.05) is 5.39 Å². The van der Waals surface area contributed by atoms with E-state index in [-0.39, 0.29) is 24.6 Å². The van der Waals surface area contributed by atoms with Crippen LogP contribution in [0.5, 0.6) is 5.75 Å². The lowest BCUT2D eigenvalue weighted by atomic mass is 10.1. The molecule has 0 aliphatic rings. The van der Waals surface area contributed by atoms with Gasteiger partial charge in [-0.15, -0.1) is 6.42 Å². The number of amides is 1. The summed E-state index contributed by atoms with van der Waals surface area (Å²) in [4.78, 5) is 24.9. The molecule has 6 heteroatoms. The second-order valence-corrected chi connectivity index (χ2v) is 5.54. The molecule has 0 radical (unpaired) electrons. The van der Waals surface area contributed by atoms with E-state index >= 15 is 0 Å². The van der Waals surface area contributed by atoms with Crippen molar-refractivity contribution in [1.29, 1.82) is 0 Å². The van der Waals surface area contributed by atoms with Crippen LogP contribution in [0.1, 0.15) is 16.1 Å². The van der Waals surface area contributed by atoms with Gasteiger partial charge in [0.2, 0.25) is 0 Å². The average Bonchev–Trinajstić information content (AvgIpc) is 2.69. The number of nitrogens with zero attached hydrogens (tertiary/aromatic N) is 2. The molecule has 2 aromatic carbocycles. The highest BCUT2D eigenvalue weighted by molar-refractivity contribution is 5.97. The first kappa shape index (κ1) is 17.2. The van der Waals surface area contributed by atoms with E-state index < -0.39 is 0 Å². The van der Waals surface area contributed by atoms with Crippen molar-refractivity contribution in [3.05, 3.63) is 70.1 Å². The summed E-state index contributed by atoms with van der Waals surface area (Å²) < 4.78 is 6.44. The number of methoxy groups -OCH3 is 1. The summed E-state index contributed by atoms with van der Waals surface area (Å²) in [5, 5.41) is 8.34. The van der Waals surface area contributed by atoms with Gasteiger partial charge in [-0.3, -0.25) is 9.59 Å². The van der Waals surface area contributed by atoms with Gasteiger partial charge in [-0.25, -0.2) is 4.68 Å². The second kappa shape index (κ2) is 7.53. The van der Waals surface area contributed by atoms with E-state index in [1.165, 1.54) is 11.8 Å². The molecular formula is C20H17N3O3. The third-order valence-corrected chi connectivity index (χ3v) is 3.95. The van der Waals surface area contributed by atoms with E-state index in [1.54, 1.807) is 42.5 Å². The van der Waals surface area contributed by atoms with Gasteiger partial charge in [0.25, 0.3) is 11.5 Å². The molecule has 0 aliphatic heterocycles. The Kier molecular flexibility index (Phi) is 4.99. The molecule has 3 aromatic rings. The van der Waals surface area contributed by atoms with Crippen LogP contribution in [0.2, 0.25) is 0 Å². The van der Waals surface area contributed by atoms with Crippen LogP contribution in [0.25, 0.3) is 10.8 Å². The van der Waals surface area contributed by atoms with Crippen LogP contribution in [0.3, 0.4) is 0 Å². The molecule has 0 spiro atoms.